The Morgan fingerprint density at radius 1 is 1.22 bits per heavy atom. The van der Waals surface area contributed by atoms with Crippen LogP contribution >= 0.6 is 0 Å². The number of fused-ring (bicyclic) bond motifs is 1. The van der Waals surface area contributed by atoms with Crippen molar-refractivity contribution < 1.29 is 9.90 Å². The van der Waals surface area contributed by atoms with Crippen LogP contribution in [0.5, 0.6) is 0 Å². The van der Waals surface area contributed by atoms with E-state index in [-0.39, 0.29) is 5.69 Å². The minimum atomic E-state index is -1.03. The number of carboxylic acid groups (broad SMARTS) is 1. The zero-order chi connectivity index (χ0) is 16.6. The summed E-state index contributed by atoms with van der Waals surface area (Å²) >= 11 is 0. The molecule has 3 rings (SSSR count). The number of anilines is 1. The van der Waals surface area contributed by atoms with E-state index in [2.05, 4.69) is 10.1 Å². The Hall–Kier alpha value is -2.89. The first-order valence-electron chi connectivity index (χ1n) is 7.40. The molecule has 118 valence electrons. The molecule has 23 heavy (non-hydrogen) atoms. The summed E-state index contributed by atoms with van der Waals surface area (Å²) in [6.07, 6.45) is 0.681. The standard InChI is InChI=1S/C17H18N4O2/c1-4-12-9-15(17(22)23)18-16-10-14(19-21(12)16)11-5-7-13(8-6-11)20(2)3/h5-10H,4H2,1-3H3,(H,22,23). The number of carbonyl (C=O) groups is 1. The summed E-state index contributed by atoms with van der Waals surface area (Å²) in [5.41, 5.74) is 4.28. The Morgan fingerprint density at radius 3 is 2.48 bits per heavy atom. The second-order valence-electron chi connectivity index (χ2n) is 5.53. The Labute approximate surface area is 134 Å². The lowest BCUT2D eigenvalue weighted by Crippen LogP contribution is -2.08. The molecular weight excluding hydrogens is 292 g/mol. The van der Waals surface area contributed by atoms with E-state index in [1.807, 2.05) is 56.3 Å². The van der Waals surface area contributed by atoms with Crippen LogP contribution in [-0.4, -0.2) is 39.8 Å². The summed E-state index contributed by atoms with van der Waals surface area (Å²) < 4.78 is 1.71. The zero-order valence-electron chi connectivity index (χ0n) is 13.3. The van der Waals surface area contributed by atoms with E-state index in [0.29, 0.717) is 12.1 Å². The van der Waals surface area contributed by atoms with Gasteiger partial charge >= 0.3 is 5.97 Å². The topological polar surface area (TPSA) is 70.7 Å². The van der Waals surface area contributed by atoms with E-state index >= 15 is 0 Å². The number of nitrogens with zero attached hydrogens (tertiary/aromatic N) is 4. The molecule has 0 bridgehead atoms. The number of rotatable bonds is 4. The predicted molar refractivity (Wildman–Crippen MR) is 89.1 cm³/mol. The van der Waals surface area contributed by atoms with Crippen LogP contribution in [0.1, 0.15) is 23.1 Å². The molecule has 0 unspecified atom stereocenters. The molecule has 6 heteroatoms. The van der Waals surface area contributed by atoms with Crippen LogP contribution in [0.25, 0.3) is 16.9 Å². The largest absolute Gasteiger partial charge is 0.477 e. The molecule has 6 nitrogen and oxygen atoms in total. The lowest BCUT2D eigenvalue weighted by atomic mass is 10.1. The van der Waals surface area contributed by atoms with Crippen molar-refractivity contribution in [2.75, 3.05) is 19.0 Å². The van der Waals surface area contributed by atoms with E-state index in [0.717, 1.165) is 22.6 Å². The van der Waals surface area contributed by atoms with Gasteiger partial charge in [0.1, 0.15) is 0 Å². The minimum Gasteiger partial charge on any atom is -0.477 e. The molecule has 0 saturated heterocycles. The van der Waals surface area contributed by atoms with Crippen molar-refractivity contribution >= 4 is 17.3 Å². The van der Waals surface area contributed by atoms with Crippen molar-refractivity contribution in [2.45, 2.75) is 13.3 Å². The minimum absolute atomic E-state index is 0.0451. The van der Waals surface area contributed by atoms with Crippen LogP contribution in [0.4, 0.5) is 5.69 Å². The number of hydrogen-bond donors (Lipinski definition) is 1. The van der Waals surface area contributed by atoms with E-state index in [1.54, 1.807) is 10.6 Å². The molecule has 3 aromatic rings. The summed E-state index contributed by atoms with van der Waals surface area (Å²) in [6.45, 7) is 1.97. The Kier molecular flexibility index (Phi) is 3.73. The van der Waals surface area contributed by atoms with Gasteiger partial charge in [-0.25, -0.2) is 14.3 Å². The lowest BCUT2D eigenvalue weighted by molar-refractivity contribution is 0.0690. The second-order valence-corrected chi connectivity index (χ2v) is 5.53. The summed E-state index contributed by atoms with van der Waals surface area (Å²) in [5, 5.41) is 13.8. The number of aryl methyl sites for hydroxylation is 1. The Morgan fingerprint density at radius 2 is 1.91 bits per heavy atom. The van der Waals surface area contributed by atoms with Gasteiger partial charge in [0.05, 0.1) is 5.69 Å². The molecule has 0 atom stereocenters. The van der Waals surface area contributed by atoms with Crippen LogP contribution in [-0.2, 0) is 6.42 Å². The molecule has 0 aliphatic heterocycles. The number of carboxylic acids is 1. The summed E-state index contributed by atoms with van der Waals surface area (Å²) in [4.78, 5) is 17.4. The maximum Gasteiger partial charge on any atom is 0.354 e. The predicted octanol–water partition coefficient (Wildman–Crippen LogP) is 2.72. The molecule has 1 N–H and O–H groups in total. The monoisotopic (exact) mass is 310 g/mol. The highest BCUT2D eigenvalue weighted by molar-refractivity contribution is 5.86. The SMILES string of the molecule is CCc1cc(C(=O)O)nc2cc(-c3ccc(N(C)C)cc3)nn12. The van der Waals surface area contributed by atoms with Gasteiger partial charge in [0.25, 0.3) is 0 Å². The molecule has 2 heterocycles. The highest BCUT2D eigenvalue weighted by atomic mass is 16.4. The molecule has 2 aromatic heterocycles. The van der Waals surface area contributed by atoms with Gasteiger partial charge < -0.3 is 10.0 Å². The summed E-state index contributed by atoms with van der Waals surface area (Å²) in [7, 11) is 3.98. The van der Waals surface area contributed by atoms with Gasteiger partial charge in [-0.05, 0) is 24.6 Å². The second kappa shape index (κ2) is 5.72. The average molecular weight is 310 g/mol. The quantitative estimate of drug-likeness (QED) is 0.802. The van der Waals surface area contributed by atoms with Crippen molar-refractivity contribution in [3.05, 3.63) is 47.8 Å². The van der Waals surface area contributed by atoms with Crippen molar-refractivity contribution in [2.24, 2.45) is 0 Å². The van der Waals surface area contributed by atoms with Crippen molar-refractivity contribution in [3.63, 3.8) is 0 Å². The fourth-order valence-corrected chi connectivity index (χ4v) is 2.47. The van der Waals surface area contributed by atoms with E-state index < -0.39 is 5.97 Å². The Bertz CT molecular complexity index is 866. The summed E-state index contributed by atoms with van der Waals surface area (Å²) in [6, 6.07) is 11.4. The molecule has 0 saturated carbocycles. The molecule has 0 fully saturated rings. The molecule has 0 amide bonds. The summed E-state index contributed by atoms with van der Waals surface area (Å²) in [5.74, 6) is -1.03. The van der Waals surface area contributed by atoms with Gasteiger partial charge in [0, 0.05) is 37.1 Å². The number of benzene rings is 1. The highest BCUT2D eigenvalue weighted by Gasteiger charge is 2.13. The number of aromatic carboxylic acids is 1. The average Bonchev–Trinajstić information content (AvgIpc) is 2.97. The molecular formula is C17H18N4O2. The van der Waals surface area contributed by atoms with Gasteiger partial charge in [-0.2, -0.15) is 5.10 Å². The molecule has 0 spiro atoms. The van der Waals surface area contributed by atoms with Gasteiger partial charge in [-0.1, -0.05) is 19.1 Å². The first-order valence-corrected chi connectivity index (χ1v) is 7.40. The third-order valence-electron chi connectivity index (χ3n) is 3.76. The highest BCUT2D eigenvalue weighted by Crippen LogP contribution is 2.23. The van der Waals surface area contributed by atoms with E-state index in [9.17, 15) is 9.90 Å². The zero-order valence-corrected chi connectivity index (χ0v) is 13.3. The van der Waals surface area contributed by atoms with Gasteiger partial charge in [-0.15, -0.1) is 0 Å². The molecule has 0 aliphatic rings. The number of hydrogen-bond acceptors (Lipinski definition) is 4. The van der Waals surface area contributed by atoms with Crippen molar-refractivity contribution in [1.82, 2.24) is 14.6 Å². The van der Waals surface area contributed by atoms with Crippen LogP contribution in [0.15, 0.2) is 36.4 Å². The van der Waals surface area contributed by atoms with Crippen LogP contribution in [0.2, 0.25) is 0 Å². The third kappa shape index (κ3) is 2.75. The number of aromatic nitrogens is 3. The van der Waals surface area contributed by atoms with Crippen molar-refractivity contribution in [3.8, 4) is 11.3 Å². The fraction of sp³-hybridized carbons (Fsp3) is 0.235. The maximum atomic E-state index is 11.2. The van der Waals surface area contributed by atoms with E-state index in [1.165, 1.54) is 0 Å². The molecule has 1 aromatic carbocycles. The normalized spacial score (nSPS) is 10.9. The van der Waals surface area contributed by atoms with Crippen molar-refractivity contribution in [1.29, 1.82) is 0 Å². The Balaban J connectivity index is 2.10. The first kappa shape index (κ1) is 15.0. The fourth-order valence-electron chi connectivity index (χ4n) is 2.47. The van der Waals surface area contributed by atoms with Gasteiger partial charge in [0.2, 0.25) is 0 Å². The van der Waals surface area contributed by atoms with Gasteiger partial charge in [0.15, 0.2) is 11.3 Å². The van der Waals surface area contributed by atoms with E-state index in [4.69, 9.17) is 0 Å². The first-order chi connectivity index (χ1) is 11.0. The maximum absolute atomic E-state index is 11.2. The van der Waals surface area contributed by atoms with Crippen LogP contribution < -0.4 is 4.90 Å². The third-order valence-corrected chi connectivity index (χ3v) is 3.76. The lowest BCUT2D eigenvalue weighted by Gasteiger charge is -2.12. The smallest absolute Gasteiger partial charge is 0.354 e. The van der Waals surface area contributed by atoms with Crippen LogP contribution in [0.3, 0.4) is 0 Å². The van der Waals surface area contributed by atoms with Gasteiger partial charge in [-0.3, -0.25) is 0 Å². The van der Waals surface area contributed by atoms with Crippen LogP contribution in [0, 0.1) is 0 Å². The molecule has 0 radical (unpaired) electrons. The molecule has 0 aliphatic carbocycles.